The third-order valence-corrected chi connectivity index (χ3v) is 5.52. The van der Waals surface area contributed by atoms with E-state index in [1.165, 1.54) is 4.31 Å². The lowest BCUT2D eigenvalue weighted by Gasteiger charge is -2.28. The Morgan fingerprint density at radius 1 is 1.33 bits per heavy atom. The first-order valence-corrected chi connectivity index (χ1v) is 7.12. The van der Waals surface area contributed by atoms with Gasteiger partial charge in [0.2, 0.25) is 10.0 Å². The Kier molecular flexibility index (Phi) is 4.55. The molecule has 1 aliphatic carbocycles. The zero-order valence-electron chi connectivity index (χ0n) is 9.52. The van der Waals surface area contributed by atoms with E-state index in [1.807, 2.05) is 13.8 Å². The van der Waals surface area contributed by atoms with Crippen LogP contribution in [0.2, 0.25) is 0 Å². The molecule has 90 valence electrons. The number of hydrogen-bond acceptors (Lipinski definition) is 3. The molecule has 0 saturated heterocycles. The first kappa shape index (κ1) is 12.9. The van der Waals surface area contributed by atoms with Crippen LogP contribution >= 0.6 is 0 Å². The fourth-order valence-electron chi connectivity index (χ4n) is 2.16. The molecule has 0 bridgehead atoms. The summed E-state index contributed by atoms with van der Waals surface area (Å²) in [4.78, 5) is 0. The highest BCUT2D eigenvalue weighted by Gasteiger charge is 2.34. The molecule has 0 heterocycles. The van der Waals surface area contributed by atoms with E-state index in [0.29, 0.717) is 0 Å². The number of sulfonamides is 1. The molecule has 0 radical (unpaired) electrons. The van der Waals surface area contributed by atoms with Gasteiger partial charge in [-0.05, 0) is 26.7 Å². The summed E-state index contributed by atoms with van der Waals surface area (Å²) in [5.41, 5.74) is 0. The topological polar surface area (TPSA) is 57.6 Å². The predicted octanol–water partition coefficient (Wildman–Crippen LogP) is 0.962. The summed E-state index contributed by atoms with van der Waals surface area (Å²) in [7, 11) is -3.19. The second kappa shape index (κ2) is 5.27. The van der Waals surface area contributed by atoms with Crippen LogP contribution in [0.5, 0.6) is 0 Å². The van der Waals surface area contributed by atoms with Crippen LogP contribution in [0.4, 0.5) is 0 Å². The van der Waals surface area contributed by atoms with Crippen LogP contribution < -0.4 is 0 Å². The van der Waals surface area contributed by atoms with Crippen molar-refractivity contribution in [2.24, 2.45) is 0 Å². The molecule has 1 saturated carbocycles. The Morgan fingerprint density at radius 3 is 2.27 bits per heavy atom. The predicted molar refractivity (Wildman–Crippen MR) is 60.1 cm³/mol. The van der Waals surface area contributed by atoms with Crippen molar-refractivity contribution in [1.29, 1.82) is 0 Å². The smallest absolute Gasteiger partial charge is 0.217 e. The highest BCUT2D eigenvalue weighted by atomic mass is 32.2. The SMILES string of the molecule is CC(C)N(CCO)S(=O)(=O)C1CCCC1. The molecule has 1 rings (SSSR count). The van der Waals surface area contributed by atoms with Gasteiger partial charge >= 0.3 is 0 Å². The van der Waals surface area contributed by atoms with E-state index in [2.05, 4.69) is 0 Å². The van der Waals surface area contributed by atoms with Gasteiger partial charge in [-0.15, -0.1) is 0 Å². The maximum Gasteiger partial charge on any atom is 0.217 e. The van der Waals surface area contributed by atoms with Crippen LogP contribution in [0.1, 0.15) is 39.5 Å². The number of nitrogens with zero attached hydrogens (tertiary/aromatic N) is 1. The Bertz CT molecular complexity index is 281. The first-order valence-electron chi connectivity index (χ1n) is 5.61. The second-order valence-electron chi connectivity index (χ2n) is 4.38. The monoisotopic (exact) mass is 235 g/mol. The lowest BCUT2D eigenvalue weighted by molar-refractivity contribution is 0.235. The van der Waals surface area contributed by atoms with Gasteiger partial charge in [-0.2, -0.15) is 4.31 Å². The average Bonchev–Trinajstić information content (AvgIpc) is 2.66. The highest BCUT2D eigenvalue weighted by molar-refractivity contribution is 7.89. The maximum atomic E-state index is 12.2. The third kappa shape index (κ3) is 2.92. The molecule has 0 aromatic rings. The number of aliphatic hydroxyl groups excluding tert-OH is 1. The van der Waals surface area contributed by atoms with Crippen LogP contribution in [0.25, 0.3) is 0 Å². The lowest BCUT2D eigenvalue weighted by atomic mass is 10.4. The van der Waals surface area contributed by atoms with Crippen LogP contribution in [0.15, 0.2) is 0 Å². The molecule has 0 aliphatic heterocycles. The molecule has 0 spiro atoms. The van der Waals surface area contributed by atoms with E-state index < -0.39 is 10.0 Å². The van der Waals surface area contributed by atoms with Gasteiger partial charge in [0.15, 0.2) is 0 Å². The maximum absolute atomic E-state index is 12.2. The summed E-state index contributed by atoms with van der Waals surface area (Å²) in [6.45, 7) is 3.81. The summed E-state index contributed by atoms with van der Waals surface area (Å²) in [5, 5.41) is 8.67. The zero-order chi connectivity index (χ0) is 11.5. The summed E-state index contributed by atoms with van der Waals surface area (Å²) in [6.07, 6.45) is 3.57. The lowest BCUT2D eigenvalue weighted by Crippen LogP contribution is -2.43. The molecule has 15 heavy (non-hydrogen) atoms. The van der Waals surface area contributed by atoms with Crippen molar-refractivity contribution in [2.75, 3.05) is 13.2 Å². The fourth-order valence-corrected chi connectivity index (χ4v) is 4.39. The van der Waals surface area contributed by atoms with Crippen molar-refractivity contribution in [3.63, 3.8) is 0 Å². The van der Waals surface area contributed by atoms with Crippen LogP contribution in [-0.4, -0.2) is 42.3 Å². The van der Waals surface area contributed by atoms with Crippen LogP contribution in [-0.2, 0) is 10.0 Å². The third-order valence-electron chi connectivity index (χ3n) is 2.95. The van der Waals surface area contributed by atoms with Gasteiger partial charge in [0, 0.05) is 12.6 Å². The molecule has 4 nitrogen and oxygen atoms in total. The largest absolute Gasteiger partial charge is 0.395 e. The minimum Gasteiger partial charge on any atom is -0.395 e. The van der Waals surface area contributed by atoms with E-state index >= 15 is 0 Å². The molecule has 1 fully saturated rings. The fraction of sp³-hybridized carbons (Fsp3) is 1.00. The summed E-state index contributed by atoms with van der Waals surface area (Å²) < 4.78 is 25.8. The second-order valence-corrected chi connectivity index (χ2v) is 6.55. The molecule has 0 unspecified atom stereocenters. The quantitative estimate of drug-likeness (QED) is 0.772. The van der Waals surface area contributed by atoms with E-state index in [-0.39, 0.29) is 24.4 Å². The Hall–Kier alpha value is -0.130. The van der Waals surface area contributed by atoms with Gasteiger partial charge in [0.1, 0.15) is 0 Å². The van der Waals surface area contributed by atoms with Crippen molar-refractivity contribution in [2.45, 2.75) is 50.8 Å². The zero-order valence-corrected chi connectivity index (χ0v) is 10.3. The van der Waals surface area contributed by atoms with E-state index in [1.54, 1.807) is 0 Å². The van der Waals surface area contributed by atoms with E-state index in [0.717, 1.165) is 25.7 Å². The molecule has 1 aliphatic rings. The molecular weight excluding hydrogens is 214 g/mol. The molecule has 0 aromatic carbocycles. The Labute approximate surface area is 92.3 Å². The standard InChI is InChI=1S/C10H21NO3S/c1-9(2)11(7-8-12)15(13,14)10-5-3-4-6-10/h9-10,12H,3-8H2,1-2H3. The average molecular weight is 235 g/mol. The summed E-state index contributed by atoms with van der Waals surface area (Å²) in [5.74, 6) is 0. The number of rotatable bonds is 5. The number of hydrogen-bond donors (Lipinski definition) is 1. The minimum absolute atomic E-state index is 0.0669. The molecule has 1 N–H and O–H groups in total. The van der Waals surface area contributed by atoms with Gasteiger partial charge in [0.25, 0.3) is 0 Å². The van der Waals surface area contributed by atoms with E-state index in [9.17, 15) is 8.42 Å². The molecular formula is C10H21NO3S. The van der Waals surface area contributed by atoms with E-state index in [4.69, 9.17) is 5.11 Å². The van der Waals surface area contributed by atoms with Gasteiger partial charge in [-0.25, -0.2) is 8.42 Å². The van der Waals surface area contributed by atoms with Crippen molar-refractivity contribution < 1.29 is 13.5 Å². The van der Waals surface area contributed by atoms with Crippen LogP contribution in [0, 0.1) is 0 Å². The number of aliphatic hydroxyl groups is 1. The molecule has 0 aromatic heterocycles. The molecule has 0 atom stereocenters. The van der Waals surface area contributed by atoms with Gasteiger partial charge in [-0.3, -0.25) is 0 Å². The normalized spacial score (nSPS) is 19.3. The van der Waals surface area contributed by atoms with Gasteiger partial charge in [-0.1, -0.05) is 12.8 Å². The first-order chi connectivity index (χ1) is 7.00. The molecule has 5 heteroatoms. The van der Waals surface area contributed by atoms with Crippen LogP contribution in [0.3, 0.4) is 0 Å². The van der Waals surface area contributed by atoms with Gasteiger partial charge < -0.3 is 5.11 Å². The van der Waals surface area contributed by atoms with Crippen molar-refractivity contribution in [1.82, 2.24) is 4.31 Å². The summed E-state index contributed by atoms with van der Waals surface area (Å²) in [6, 6.07) is -0.0669. The molecule has 0 amide bonds. The van der Waals surface area contributed by atoms with Crippen molar-refractivity contribution in [3.8, 4) is 0 Å². The Balaban J connectivity index is 2.80. The summed E-state index contributed by atoms with van der Waals surface area (Å²) >= 11 is 0. The minimum atomic E-state index is -3.19. The van der Waals surface area contributed by atoms with Crippen molar-refractivity contribution >= 4 is 10.0 Å². The highest BCUT2D eigenvalue weighted by Crippen LogP contribution is 2.27. The van der Waals surface area contributed by atoms with Crippen molar-refractivity contribution in [3.05, 3.63) is 0 Å². The Morgan fingerprint density at radius 2 is 1.87 bits per heavy atom. The van der Waals surface area contributed by atoms with Gasteiger partial charge in [0.05, 0.1) is 11.9 Å².